The molecule has 1 aliphatic rings. The van der Waals surface area contributed by atoms with Crippen LogP contribution in [0.5, 0.6) is 0 Å². The van der Waals surface area contributed by atoms with E-state index < -0.39 is 17.1 Å². The number of likely N-dealkylation sites (N-methyl/N-ethyl adjacent to an activating group) is 1. The molecule has 0 radical (unpaired) electrons. The smallest absolute Gasteiger partial charge is 0.323 e. The molecule has 0 unspecified atom stereocenters. The van der Waals surface area contributed by atoms with Gasteiger partial charge in [-0.05, 0) is 33.2 Å². The van der Waals surface area contributed by atoms with Crippen molar-refractivity contribution in [1.82, 2.24) is 4.90 Å². The Labute approximate surface area is 97.3 Å². The van der Waals surface area contributed by atoms with Gasteiger partial charge < -0.3 is 10.2 Å². The molecule has 2 N–H and O–H groups in total. The van der Waals surface area contributed by atoms with Crippen molar-refractivity contribution < 1.29 is 15.0 Å². The first kappa shape index (κ1) is 13.5. The number of carboxylic acids is 1. The van der Waals surface area contributed by atoms with Gasteiger partial charge in [-0.25, -0.2) is 0 Å². The number of nitrogens with zero attached hydrogens (tertiary/aromatic N) is 1. The lowest BCUT2D eigenvalue weighted by atomic mass is 9.96. The van der Waals surface area contributed by atoms with Crippen molar-refractivity contribution in [3.8, 4) is 0 Å². The number of hydrogen-bond acceptors (Lipinski definition) is 3. The molecule has 0 saturated heterocycles. The van der Waals surface area contributed by atoms with Gasteiger partial charge in [-0.3, -0.25) is 9.69 Å². The van der Waals surface area contributed by atoms with Gasteiger partial charge in [0.1, 0.15) is 5.54 Å². The highest BCUT2D eigenvalue weighted by Gasteiger charge is 2.40. The Morgan fingerprint density at radius 2 is 1.88 bits per heavy atom. The highest BCUT2D eigenvalue weighted by Crippen LogP contribution is 2.32. The maximum atomic E-state index is 11.2. The fraction of sp³-hybridized carbons (Fsp3) is 0.917. The van der Waals surface area contributed by atoms with Crippen LogP contribution in [-0.2, 0) is 4.79 Å². The summed E-state index contributed by atoms with van der Waals surface area (Å²) in [7, 11) is 0. The SMILES string of the molecule is CCN(CC1(O)CCCC1)C(C)(C)C(=O)O. The van der Waals surface area contributed by atoms with Gasteiger partial charge in [-0.2, -0.15) is 0 Å². The standard InChI is InChI=1S/C12H23NO3/c1-4-13(11(2,3)10(14)15)9-12(16)7-5-6-8-12/h16H,4-9H2,1-3H3,(H,14,15). The van der Waals surface area contributed by atoms with Crippen molar-refractivity contribution >= 4 is 5.97 Å². The van der Waals surface area contributed by atoms with Crippen LogP contribution in [0.25, 0.3) is 0 Å². The molecule has 0 heterocycles. The van der Waals surface area contributed by atoms with E-state index in [4.69, 9.17) is 0 Å². The number of β-amino-alcohol motifs (C(OH)–C–C–N with tert-alkyl or cyclic N) is 1. The fourth-order valence-electron chi connectivity index (χ4n) is 2.39. The Morgan fingerprint density at radius 1 is 1.38 bits per heavy atom. The topological polar surface area (TPSA) is 60.8 Å². The lowest BCUT2D eigenvalue weighted by molar-refractivity contribution is -0.151. The van der Waals surface area contributed by atoms with E-state index in [0.29, 0.717) is 13.1 Å². The van der Waals surface area contributed by atoms with Crippen LogP contribution in [0.3, 0.4) is 0 Å². The molecule has 0 aromatic rings. The van der Waals surface area contributed by atoms with E-state index in [2.05, 4.69) is 0 Å². The molecule has 0 bridgehead atoms. The molecule has 1 rings (SSSR count). The molecule has 0 amide bonds. The van der Waals surface area contributed by atoms with Crippen molar-refractivity contribution in [3.05, 3.63) is 0 Å². The zero-order chi connectivity index (χ0) is 12.4. The fourth-order valence-corrected chi connectivity index (χ4v) is 2.39. The van der Waals surface area contributed by atoms with Gasteiger partial charge in [0.05, 0.1) is 5.60 Å². The van der Waals surface area contributed by atoms with Gasteiger partial charge in [-0.1, -0.05) is 19.8 Å². The number of rotatable bonds is 5. The maximum Gasteiger partial charge on any atom is 0.323 e. The lowest BCUT2D eigenvalue weighted by Crippen LogP contribution is -2.55. The molecular weight excluding hydrogens is 206 g/mol. The van der Waals surface area contributed by atoms with E-state index in [9.17, 15) is 15.0 Å². The second kappa shape index (κ2) is 4.72. The second-order valence-electron chi connectivity index (χ2n) is 5.31. The van der Waals surface area contributed by atoms with Crippen molar-refractivity contribution in [2.75, 3.05) is 13.1 Å². The van der Waals surface area contributed by atoms with Gasteiger partial charge in [0.25, 0.3) is 0 Å². The number of hydrogen-bond donors (Lipinski definition) is 2. The summed E-state index contributed by atoms with van der Waals surface area (Å²) in [6.07, 6.45) is 3.67. The number of aliphatic carboxylic acids is 1. The quantitative estimate of drug-likeness (QED) is 0.749. The van der Waals surface area contributed by atoms with Crippen LogP contribution >= 0.6 is 0 Å². The van der Waals surface area contributed by atoms with E-state index in [1.165, 1.54) is 0 Å². The molecule has 0 spiro atoms. The normalized spacial score (nSPS) is 20.3. The molecule has 1 saturated carbocycles. The molecular formula is C12H23NO3. The summed E-state index contributed by atoms with van der Waals surface area (Å²) in [5, 5.41) is 19.5. The minimum Gasteiger partial charge on any atom is -0.480 e. The van der Waals surface area contributed by atoms with Gasteiger partial charge in [0, 0.05) is 6.54 Å². The molecule has 16 heavy (non-hydrogen) atoms. The largest absolute Gasteiger partial charge is 0.480 e. The van der Waals surface area contributed by atoms with Crippen molar-refractivity contribution in [2.45, 2.75) is 57.6 Å². The summed E-state index contributed by atoms with van der Waals surface area (Å²) in [6.45, 7) is 6.42. The van der Waals surface area contributed by atoms with Gasteiger partial charge in [0.15, 0.2) is 0 Å². The number of carboxylic acid groups (broad SMARTS) is 1. The van der Waals surface area contributed by atoms with E-state index in [1.807, 2.05) is 11.8 Å². The van der Waals surface area contributed by atoms with Gasteiger partial charge in [-0.15, -0.1) is 0 Å². The molecule has 0 aromatic carbocycles. The predicted octanol–water partition coefficient (Wildman–Crippen LogP) is 1.48. The van der Waals surface area contributed by atoms with Gasteiger partial charge >= 0.3 is 5.97 Å². The molecule has 0 aromatic heterocycles. The third-order valence-electron chi connectivity index (χ3n) is 3.72. The minimum absolute atomic E-state index is 0.461. The summed E-state index contributed by atoms with van der Waals surface area (Å²) in [5.74, 6) is -0.837. The summed E-state index contributed by atoms with van der Waals surface area (Å²) >= 11 is 0. The first-order valence-electron chi connectivity index (χ1n) is 6.03. The molecule has 4 nitrogen and oxygen atoms in total. The zero-order valence-corrected chi connectivity index (χ0v) is 10.5. The van der Waals surface area contributed by atoms with Crippen LogP contribution < -0.4 is 0 Å². The van der Waals surface area contributed by atoms with Crippen LogP contribution in [0.2, 0.25) is 0 Å². The molecule has 94 valence electrons. The van der Waals surface area contributed by atoms with Crippen LogP contribution in [0.15, 0.2) is 0 Å². The Morgan fingerprint density at radius 3 is 2.25 bits per heavy atom. The monoisotopic (exact) mass is 229 g/mol. The van der Waals surface area contributed by atoms with E-state index >= 15 is 0 Å². The number of aliphatic hydroxyl groups is 1. The van der Waals surface area contributed by atoms with Crippen molar-refractivity contribution in [1.29, 1.82) is 0 Å². The lowest BCUT2D eigenvalue weighted by Gasteiger charge is -2.39. The highest BCUT2D eigenvalue weighted by atomic mass is 16.4. The summed E-state index contributed by atoms with van der Waals surface area (Å²) < 4.78 is 0. The van der Waals surface area contributed by atoms with Crippen molar-refractivity contribution in [2.24, 2.45) is 0 Å². The van der Waals surface area contributed by atoms with E-state index in [-0.39, 0.29) is 0 Å². The second-order valence-corrected chi connectivity index (χ2v) is 5.31. The zero-order valence-electron chi connectivity index (χ0n) is 10.5. The van der Waals surface area contributed by atoms with Gasteiger partial charge in [0.2, 0.25) is 0 Å². The Kier molecular flexibility index (Phi) is 3.97. The summed E-state index contributed by atoms with van der Waals surface area (Å²) in [6, 6.07) is 0. The average molecular weight is 229 g/mol. The van der Waals surface area contributed by atoms with Crippen LogP contribution in [-0.4, -0.2) is 45.3 Å². The highest BCUT2D eigenvalue weighted by molar-refractivity contribution is 5.77. The Balaban J connectivity index is 2.71. The van der Waals surface area contributed by atoms with Crippen LogP contribution in [0.1, 0.15) is 46.5 Å². The third kappa shape index (κ3) is 2.74. The molecule has 1 aliphatic carbocycles. The third-order valence-corrected chi connectivity index (χ3v) is 3.72. The molecule has 4 heteroatoms. The average Bonchev–Trinajstić information content (AvgIpc) is 2.61. The predicted molar refractivity (Wildman–Crippen MR) is 62.4 cm³/mol. The van der Waals surface area contributed by atoms with Crippen LogP contribution in [0, 0.1) is 0 Å². The maximum absolute atomic E-state index is 11.2. The minimum atomic E-state index is -0.910. The Hall–Kier alpha value is -0.610. The summed E-state index contributed by atoms with van der Waals surface area (Å²) in [5.41, 5.74) is -1.59. The first-order valence-corrected chi connectivity index (χ1v) is 6.03. The van der Waals surface area contributed by atoms with Crippen molar-refractivity contribution in [3.63, 3.8) is 0 Å². The first-order chi connectivity index (χ1) is 7.32. The molecule has 1 fully saturated rings. The number of carbonyl (C=O) groups is 1. The molecule has 0 aliphatic heterocycles. The van der Waals surface area contributed by atoms with Crippen LogP contribution in [0.4, 0.5) is 0 Å². The van der Waals surface area contributed by atoms with E-state index in [0.717, 1.165) is 25.7 Å². The molecule has 0 atom stereocenters. The summed E-state index contributed by atoms with van der Waals surface area (Å²) in [4.78, 5) is 13.0. The van der Waals surface area contributed by atoms with E-state index in [1.54, 1.807) is 13.8 Å². The Bertz CT molecular complexity index is 257.